The van der Waals surface area contributed by atoms with Gasteiger partial charge in [-0.1, -0.05) is 24.3 Å². The molecule has 0 aliphatic heterocycles. The zero-order valence-electron chi connectivity index (χ0n) is 21.3. The Labute approximate surface area is 220 Å². The molecule has 8 nitrogen and oxygen atoms in total. The molecule has 2 aromatic carbocycles. The van der Waals surface area contributed by atoms with Crippen LogP contribution in [0.25, 0.3) is 23.1 Å². The van der Waals surface area contributed by atoms with E-state index in [1.165, 1.54) is 11.3 Å². The lowest BCUT2D eigenvalue weighted by atomic mass is 10.1. The van der Waals surface area contributed by atoms with Crippen molar-refractivity contribution in [3.8, 4) is 11.5 Å². The molecule has 0 aliphatic carbocycles. The van der Waals surface area contributed by atoms with Crippen molar-refractivity contribution in [2.24, 2.45) is 0 Å². The van der Waals surface area contributed by atoms with Gasteiger partial charge in [-0.25, -0.2) is 0 Å². The van der Waals surface area contributed by atoms with Crippen LogP contribution in [0.1, 0.15) is 32.9 Å². The molecule has 9 heteroatoms. The molecule has 2 heterocycles. The molecule has 0 saturated heterocycles. The van der Waals surface area contributed by atoms with E-state index in [0.717, 1.165) is 40.7 Å². The summed E-state index contributed by atoms with van der Waals surface area (Å²) in [5.74, 6) is 0.807. The first-order valence-corrected chi connectivity index (χ1v) is 13.0. The molecule has 4 aromatic rings. The number of benzene rings is 2. The van der Waals surface area contributed by atoms with Crippen molar-refractivity contribution >= 4 is 46.0 Å². The zero-order chi connectivity index (χ0) is 26.2. The van der Waals surface area contributed by atoms with Crippen LogP contribution in [0, 0.1) is 6.92 Å². The maximum atomic E-state index is 13.2. The number of methoxy groups -OCH3 is 1. The molecule has 37 heavy (non-hydrogen) atoms. The second-order valence-corrected chi connectivity index (χ2v) is 9.58. The van der Waals surface area contributed by atoms with Gasteiger partial charge in [-0.05, 0) is 61.7 Å². The van der Waals surface area contributed by atoms with Crippen molar-refractivity contribution in [3.05, 3.63) is 69.5 Å². The van der Waals surface area contributed by atoms with Crippen LogP contribution in [0.4, 0.5) is 5.69 Å². The maximum absolute atomic E-state index is 13.2. The van der Waals surface area contributed by atoms with Gasteiger partial charge in [-0.2, -0.15) is 5.10 Å². The summed E-state index contributed by atoms with van der Waals surface area (Å²) in [4.78, 5) is 15.9. The average molecular weight is 521 g/mol. The summed E-state index contributed by atoms with van der Waals surface area (Å²) >= 11 is 1.40. The molecule has 0 atom stereocenters. The van der Waals surface area contributed by atoms with E-state index in [1.807, 2.05) is 78.9 Å². The Bertz CT molecular complexity index is 1380. The topological polar surface area (TPSA) is 99.7 Å². The second-order valence-electron chi connectivity index (χ2n) is 8.66. The first kappa shape index (κ1) is 26.4. The second kappa shape index (κ2) is 12.5. The van der Waals surface area contributed by atoms with Crippen LogP contribution < -0.4 is 14.8 Å². The minimum atomic E-state index is -0.201. The first-order chi connectivity index (χ1) is 18.0. The molecule has 2 aromatic heterocycles. The third-order valence-electron chi connectivity index (χ3n) is 6.01. The minimum Gasteiger partial charge on any atom is -0.491 e. The fraction of sp³-hybridized carbons (Fsp3) is 0.286. The van der Waals surface area contributed by atoms with E-state index in [-0.39, 0.29) is 12.5 Å². The number of hydrogen-bond donors (Lipinski definition) is 3. The van der Waals surface area contributed by atoms with E-state index < -0.39 is 0 Å². The van der Waals surface area contributed by atoms with Crippen molar-refractivity contribution in [1.29, 1.82) is 0 Å². The highest BCUT2D eigenvalue weighted by Crippen LogP contribution is 2.40. The summed E-state index contributed by atoms with van der Waals surface area (Å²) in [6.45, 7) is 3.93. The maximum Gasteiger partial charge on any atom is 0.266 e. The largest absolute Gasteiger partial charge is 0.491 e. The third kappa shape index (κ3) is 6.37. The van der Waals surface area contributed by atoms with Crippen molar-refractivity contribution in [1.82, 2.24) is 15.1 Å². The fourth-order valence-corrected chi connectivity index (χ4v) is 4.84. The molecule has 0 saturated carbocycles. The molecule has 1 amide bonds. The van der Waals surface area contributed by atoms with Gasteiger partial charge in [0.25, 0.3) is 5.91 Å². The number of aliphatic hydroxyl groups excluding tert-OH is 1. The van der Waals surface area contributed by atoms with Crippen LogP contribution in [-0.4, -0.2) is 66.6 Å². The van der Waals surface area contributed by atoms with Gasteiger partial charge in [-0.3, -0.25) is 9.89 Å². The van der Waals surface area contributed by atoms with E-state index in [1.54, 1.807) is 7.11 Å². The molecule has 0 radical (unpaired) electrons. The molecule has 0 fully saturated rings. The van der Waals surface area contributed by atoms with Gasteiger partial charge in [0.05, 0.1) is 42.1 Å². The van der Waals surface area contributed by atoms with E-state index in [0.29, 0.717) is 35.2 Å². The predicted molar refractivity (Wildman–Crippen MR) is 150 cm³/mol. The lowest BCUT2D eigenvalue weighted by Crippen LogP contribution is -2.24. The SMILES string of the molecule is COc1c(OCCCN(C)CCO)ccc(C=Cc2n[nH]c3ccccc23)c1NC(=O)c1sccc1C. The number of likely N-dealkylation sites (N-methyl/N-ethyl adjacent to an activating group) is 1. The van der Waals surface area contributed by atoms with Gasteiger partial charge in [0, 0.05) is 24.0 Å². The van der Waals surface area contributed by atoms with Crippen LogP contribution in [0.3, 0.4) is 0 Å². The fourth-order valence-electron chi connectivity index (χ4n) is 4.02. The Morgan fingerprint density at radius 2 is 2.03 bits per heavy atom. The summed E-state index contributed by atoms with van der Waals surface area (Å²) in [6, 6.07) is 13.6. The number of para-hydroxylation sites is 1. The number of nitrogens with zero attached hydrogens (tertiary/aromatic N) is 2. The number of aromatic amines is 1. The Hall–Kier alpha value is -3.66. The molecule has 0 unspecified atom stereocenters. The van der Waals surface area contributed by atoms with Gasteiger partial charge in [0.15, 0.2) is 11.5 Å². The quantitative estimate of drug-likeness (QED) is 0.226. The lowest BCUT2D eigenvalue weighted by Gasteiger charge is -2.18. The number of ether oxygens (including phenoxy) is 2. The van der Waals surface area contributed by atoms with Crippen LogP contribution in [0.5, 0.6) is 11.5 Å². The monoisotopic (exact) mass is 520 g/mol. The summed E-state index contributed by atoms with van der Waals surface area (Å²) in [5, 5.41) is 22.5. The molecule has 3 N–H and O–H groups in total. The number of H-pyrrole nitrogens is 1. The predicted octanol–water partition coefficient (Wildman–Crippen LogP) is 5.06. The molecule has 0 bridgehead atoms. The van der Waals surface area contributed by atoms with Gasteiger partial charge < -0.3 is 24.8 Å². The smallest absolute Gasteiger partial charge is 0.266 e. The molecule has 0 aliphatic rings. The number of carbonyl (C=O) groups is 1. The summed E-state index contributed by atoms with van der Waals surface area (Å²) in [7, 11) is 3.53. The van der Waals surface area contributed by atoms with Crippen molar-refractivity contribution in [2.45, 2.75) is 13.3 Å². The van der Waals surface area contributed by atoms with E-state index in [4.69, 9.17) is 14.6 Å². The first-order valence-electron chi connectivity index (χ1n) is 12.1. The van der Waals surface area contributed by atoms with Crippen LogP contribution in [0.15, 0.2) is 47.8 Å². The minimum absolute atomic E-state index is 0.126. The van der Waals surface area contributed by atoms with E-state index in [2.05, 4.69) is 15.5 Å². The Balaban J connectivity index is 1.63. The summed E-state index contributed by atoms with van der Waals surface area (Å²) in [5.41, 5.74) is 3.97. The van der Waals surface area contributed by atoms with Crippen molar-refractivity contribution < 1.29 is 19.4 Å². The lowest BCUT2D eigenvalue weighted by molar-refractivity contribution is 0.102. The van der Waals surface area contributed by atoms with Crippen LogP contribution in [0.2, 0.25) is 0 Å². The molecular formula is C28H32N4O4S. The van der Waals surface area contributed by atoms with Crippen LogP contribution in [-0.2, 0) is 0 Å². The molecular weight excluding hydrogens is 488 g/mol. The average Bonchev–Trinajstić information content (AvgIpc) is 3.52. The highest BCUT2D eigenvalue weighted by molar-refractivity contribution is 7.12. The van der Waals surface area contributed by atoms with Gasteiger partial charge in [0.1, 0.15) is 0 Å². The zero-order valence-corrected chi connectivity index (χ0v) is 22.1. The number of aromatic nitrogens is 2. The Morgan fingerprint density at radius 3 is 2.78 bits per heavy atom. The van der Waals surface area contributed by atoms with Crippen LogP contribution >= 0.6 is 11.3 Å². The normalized spacial score (nSPS) is 11.5. The summed E-state index contributed by atoms with van der Waals surface area (Å²) < 4.78 is 11.8. The van der Waals surface area contributed by atoms with Gasteiger partial charge >= 0.3 is 0 Å². The van der Waals surface area contributed by atoms with E-state index in [9.17, 15) is 4.79 Å². The number of rotatable bonds is 12. The number of amides is 1. The molecule has 0 spiro atoms. The number of carbonyl (C=O) groups excluding carboxylic acids is 1. The number of fused-ring (bicyclic) bond motifs is 1. The van der Waals surface area contributed by atoms with Gasteiger partial charge in [0.2, 0.25) is 0 Å². The number of hydrogen-bond acceptors (Lipinski definition) is 7. The number of aryl methyl sites for hydroxylation is 1. The third-order valence-corrected chi connectivity index (χ3v) is 7.02. The number of aliphatic hydroxyl groups is 1. The van der Waals surface area contributed by atoms with Gasteiger partial charge in [-0.15, -0.1) is 11.3 Å². The van der Waals surface area contributed by atoms with Crippen molar-refractivity contribution in [3.63, 3.8) is 0 Å². The molecule has 4 rings (SSSR count). The molecule has 194 valence electrons. The summed E-state index contributed by atoms with van der Waals surface area (Å²) in [6.07, 6.45) is 4.61. The number of nitrogens with one attached hydrogen (secondary N) is 2. The Kier molecular flexibility index (Phi) is 8.95. The standard InChI is InChI=1S/C28H32N4O4S/c1-19-13-18-37-27(19)28(34)29-25-20(9-11-23-21-7-4-5-8-22(21)30-31-23)10-12-24(26(25)35-3)36-17-6-14-32(2)15-16-33/h4-5,7-13,18,33H,6,14-17H2,1-3H3,(H,29,34)(H,30,31). The van der Waals surface area contributed by atoms with E-state index >= 15 is 0 Å². The highest BCUT2D eigenvalue weighted by atomic mass is 32.1. The number of anilines is 1. The van der Waals surface area contributed by atoms with Crippen molar-refractivity contribution in [2.75, 3.05) is 45.8 Å². The highest BCUT2D eigenvalue weighted by Gasteiger charge is 2.19. The Morgan fingerprint density at radius 1 is 1.19 bits per heavy atom. The number of thiophene rings is 1.